The fourth-order valence-corrected chi connectivity index (χ4v) is 3.01. The van der Waals surface area contributed by atoms with Crippen LogP contribution in [-0.2, 0) is 16.6 Å². The van der Waals surface area contributed by atoms with Gasteiger partial charge in [0.25, 0.3) is 10.0 Å². The Hall–Kier alpha value is -1.92. The molecule has 0 heterocycles. The molecule has 0 aliphatic rings. The molecule has 4 nitrogen and oxygen atoms in total. The second kappa shape index (κ2) is 5.83. The van der Waals surface area contributed by atoms with Gasteiger partial charge in [-0.2, -0.15) is 0 Å². The molecule has 0 bridgehead atoms. The highest BCUT2D eigenvalue weighted by atomic mass is 32.2. The van der Waals surface area contributed by atoms with Crippen LogP contribution in [0.5, 0.6) is 0 Å². The molecule has 0 saturated carbocycles. The topological polar surface area (TPSA) is 66.4 Å². The summed E-state index contributed by atoms with van der Waals surface area (Å²) in [5.74, 6) is -0.393. The second-order valence-corrected chi connectivity index (χ2v) is 6.50. The van der Waals surface area contributed by atoms with Crippen molar-refractivity contribution in [2.24, 2.45) is 0 Å². The molecule has 0 atom stereocenters. The molecule has 0 spiro atoms. The molecule has 2 N–H and O–H groups in total. The summed E-state index contributed by atoms with van der Waals surface area (Å²) in [6.07, 6.45) is 0. The minimum absolute atomic E-state index is 0.0547. The first-order valence-electron chi connectivity index (χ1n) is 6.33. The van der Waals surface area contributed by atoms with Crippen molar-refractivity contribution in [2.75, 3.05) is 4.72 Å². The van der Waals surface area contributed by atoms with E-state index in [0.717, 1.165) is 5.56 Å². The Balaban J connectivity index is 2.35. The van der Waals surface area contributed by atoms with E-state index in [1.165, 1.54) is 30.3 Å². The third-order valence-corrected chi connectivity index (χ3v) is 4.59. The van der Waals surface area contributed by atoms with Gasteiger partial charge >= 0.3 is 0 Å². The normalized spacial score (nSPS) is 11.4. The van der Waals surface area contributed by atoms with E-state index in [1.54, 1.807) is 19.9 Å². The summed E-state index contributed by atoms with van der Waals surface area (Å²) < 4.78 is 40.2. The molecule has 0 fully saturated rings. The van der Waals surface area contributed by atoms with Gasteiger partial charge in [0.15, 0.2) is 0 Å². The summed E-state index contributed by atoms with van der Waals surface area (Å²) in [6, 6.07) is 8.52. The lowest BCUT2D eigenvalue weighted by Gasteiger charge is -2.11. The van der Waals surface area contributed by atoms with Gasteiger partial charge in [0, 0.05) is 5.69 Å². The molecule has 112 valence electrons. The number of sulfonamides is 1. The first kappa shape index (κ1) is 15.5. The molecule has 6 heteroatoms. The monoisotopic (exact) mass is 309 g/mol. The van der Waals surface area contributed by atoms with Gasteiger partial charge in [0.2, 0.25) is 0 Å². The van der Waals surface area contributed by atoms with Gasteiger partial charge in [0.1, 0.15) is 5.82 Å². The van der Waals surface area contributed by atoms with Crippen molar-refractivity contribution in [1.29, 1.82) is 0 Å². The Morgan fingerprint density at radius 3 is 2.43 bits per heavy atom. The minimum atomic E-state index is -3.78. The number of aliphatic hydroxyl groups is 1. The largest absolute Gasteiger partial charge is 0.392 e. The van der Waals surface area contributed by atoms with E-state index in [2.05, 4.69) is 4.72 Å². The van der Waals surface area contributed by atoms with Gasteiger partial charge in [0.05, 0.1) is 11.5 Å². The van der Waals surface area contributed by atoms with Crippen LogP contribution in [0.3, 0.4) is 0 Å². The van der Waals surface area contributed by atoms with Crippen molar-refractivity contribution >= 4 is 15.7 Å². The van der Waals surface area contributed by atoms with Crippen LogP contribution in [0.4, 0.5) is 10.1 Å². The van der Waals surface area contributed by atoms with Crippen LogP contribution in [0.15, 0.2) is 41.3 Å². The summed E-state index contributed by atoms with van der Waals surface area (Å²) in [4.78, 5) is 0.0547. The Morgan fingerprint density at radius 1 is 1.10 bits per heavy atom. The predicted molar refractivity (Wildman–Crippen MR) is 79.0 cm³/mol. The van der Waals surface area contributed by atoms with Crippen LogP contribution in [0.25, 0.3) is 0 Å². The Labute approximate surface area is 123 Å². The van der Waals surface area contributed by atoms with Crippen LogP contribution in [0, 0.1) is 19.7 Å². The highest BCUT2D eigenvalue weighted by molar-refractivity contribution is 7.92. The number of nitrogens with one attached hydrogen (secondary N) is 1. The summed E-state index contributed by atoms with van der Waals surface area (Å²) in [5.41, 5.74) is 2.01. The number of anilines is 1. The molecule has 2 aromatic carbocycles. The van der Waals surface area contributed by atoms with Crippen molar-refractivity contribution < 1.29 is 17.9 Å². The van der Waals surface area contributed by atoms with Gasteiger partial charge in [-0.3, -0.25) is 4.72 Å². The van der Waals surface area contributed by atoms with E-state index < -0.39 is 15.8 Å². The van der Waals surface area contributed by atoms with Crippen LogP contribution < -0.4 is 4.72 Å². The maximum atomic E-state index is 13.2. The average Bonchev–Trinajstić information content (AvgIpc) is 2.43. The lowest BCUT2D eigenvalue weighted by Crippen LogP contribution is -2.13. The lowest BCUT2D eigenvalue weighted by atomic mass is 10.1. The highest BCUT2D eigenvalue weighted by Crippen LogP contribution is 2.20. The number of aliphatic hydroxyl groups excluding tert-OH is 1. The SMILES string of the molecule is Cc1cc(NS(=O)(=O)c2ccc(C)c(CO)c2)ccc1F. The summed E-state index contributed by atoms with van der Waals surface area (Å²) in [5, 5.41) is 9.21. The number of hydrogen-bond donors (Lipinski definition) is 2. The van der Waals surface area contributed by atoms with Gasteiger partial charge in [-0.1, -0.05) is 6.07 Å². The summed E-state index contributed by atoms with van der Waals surface area (Å²) >= 11 is 0. The van der Waals surface area contributed by atoms with Crippen molar-refractivity contribution in [1.82, 2.24) is 0 Å². The Morgan fingerprint density at radius 2 is 1.81 bits per heavy atom. The molecule has 0 aromatic heterocycles. The quantitative estimate of drug-likeness (QED) is 0.912. The number of benzene rings is 2. The van der Waals surface area contributed by atoms with E-state index in [1.807, 2.05) is 0 Å². The summed E-state index contributed by atoms with van der Waals surface area (Å²) in [7, 11) is -3.78. The zero-order valence-corrected chi connectivity index (χ0v) is 12.5. The highest BCUT2D eigenvalue weighted by Gasteiger charge is 2.16. The first-order valence-corrected chi connectivity index (χ1v) is 7.81. The van der Waals surface area contributed by atoms with E-state index in [0.29, 0.717) is 16.8 Å². The molecule has 0 aliphatic heterocycles. The van der Waals surface area contributed by atoms with E-state index in [4.69, 9.17) is 0 Å². The standard InChI is InChI=1S/C15H16FNO3S/c1-10-3-5-14(8-12(10)9-18)21(19,20)17-13-4-6-15(16)11(2)7-13/h3-8,17-18H,9H2,1-2H3. The Bertz CT molecular complexity index is 772. The molecule has 21 heavy (non-hydrogen) atoms. The van der Waals surface area contributed by atoms with Gasteiger partial charge in [-0.15, -0.1) is 0 Å². The molecule has 0 unspecified atom stereocenters. The molecular weight excluding hydrogens is 293 g/mol. The molecule has 0 radical (unpaired) electrons. The maximum Gasteiger partial charge on any atom is 0.261 e. The average molecular weight is 309 g/mol. The van der Waals surface area contributed by atoms with Gasteiger partial charge in [-0.05, 0) is 60.9 Å². The van der Waals surface area contributed by atoms with Gasteiger partial charge in [-0.25, -0.2) is 12.8 Å². The molecule has 2 aromatic rings. The van der Waals surface area contributed by atoms with Crippen LogP contribution >= 0.6 is 0 Å². The number of halogens is 1. The molecule has 0 saturated heterocycles. The maximum absolute atomic E-state index is 13.2. The zero-order valence-electron chi connectivity index (χ0n) is 11.7. The van der Waals surface area contributed by atoms with Crippen molar-refractivity contribution in [3.05, 3.63) is 58.9 Å². The minimum Gasteiger partial charge on any atom is -0.392 e. The van der Waals surface area contributed by atoms with E-state index in [9.17, 15) is 17.9 Å². The van der Waals surface area contributed by atoms with Gasteiger partial charge < -0.3 is 5.11 Å². The van der Waals surface area contributed by atoms with E-state index in [-0.39, 0.29) is 11.5 Å². The van der Waals surface area contributed by atoms with E-state index >= 15 is 0 Å². The lowest BCUT2D eigenvalue weighted by molar-refractivity contribution is 0.281. The fourth-order valence-electron chi connectivity index (χ4n) is 1.91. The van der Waals surface area contributed by atoms with Crippen LogP contribution in [-0.4, -0.2) is 13.5 Å². The smallest absolute Gasteiger partial charge is 0.261 e. The predicted octanol–water partition coefficient (Wildman–Crippen LogP) is 2.74. The van der Waals surface area contributed by atoms with Crippen LogP contribution in [0.2, 0.25) is 0 Å². The zero-order chi connectivity index (χ0) is 15.6. The molecule has 2 rings (SSSR count). The number of aryl methyl sites for hydroxylation is 2. The molecule has 0 amide bonds. The number of hydrogen-bond acceptors (Lipinski definition) is 3. The third-order valence-electron chi connectivity index (χ3n) is 3.21. The first-order chi connectivity index (χ1) is 9.83. The molecule has 0 aliphatic carbocycles. The van der Waals surface area contributed by atoms with Crippen molar-refractivity contribution in [3.8, 4) is 0 Å². The van der Waals surface area contributed by atoms with Crippen molar-refractivity contribution in [3.63, 3.8) is 0 Å². The molecular formula is C15H16FNO3S. The van der Waals surface area contributed by atoms with Crippen LogP contribution in [0.1, 0.15) is 16.7 Å². The van der Waals surface area contributed by atoms with Crippen molar-refractivity contribution in [2.45, 2.75) is 25.3 Å². The summed E-state index contributed by atoms with van der Waals surface area (Å²) in [6.45, 7) is 3.12. The second-order valence-electron chi connectivity index (χ2n) is 4.82. The Kier molecular flexibility index (Phi) is 4.29. The third kappa shape index (κ3) is 3.40. The number of rotatable bonds is 4. The fraction of sp³-hybridized carbons (Fsp3) is 0.200.